The topological polar surface area (TPSA) is 78.4 Å². The number of halogens is 2. The molecular formula is C14H16BrClN2O3. The Balaban J connectivity index is 2.05. The van der Waals surface area contributed by atoms with Gasteiger partial charge in [-0.05, 0) is 47.8 Å². The van der Waals surface area contributed by atoms with Gasteiger partial charge in [-0.15, -0.1) is 0 Å². The summed E-state index contributed by atoms with van der Waals surface area (Å²) in [7, 11) is 0. The Bertz CT molecular complexity index is 581. The molecule has 1 aliphatic carbocycles. The van der Waals surface area contributed by atoms with E-state index in [1.165, 1.54) is 0 Å². The minimum atomic E-state index is -0.914. The molecule has 1 aliphatic rings. The maximum Gasteiger partial charge on any atom is 0.319 e. The van der Waals surface area contributed by atoms with Crippen LogP contribution < -0.4 is 10.6 Å². The molecule has 2 unspecified atom stereocenters. The summed E-state index contributed by atoms with van der Waals surface area (Å²) in [6.45, 7) is 1.67. The van der Waals surface area contributed by atoms with Crippen molar-refractivity contribution in [1.82, 2.24) is 5.32 Å². The first-order valence-corrected chi connectivity index (χ1v) is 7.76. The number of aliphatic carboxylic acids is 1. The van der Waals surface area contributed by atoms with Crippen LogP contribution in [-0.2, 0) is 4.79 Å². The summed E-state index contributed by atoms with van der Waals surface area (Å²) in [5, 5.41) is 15.3. The highest BCUT2D eigenvalue weighted by molar-refractivity contribution is 9.10. The van der Waals surface area contributed by atoms with Gasteiger partial charge < -0.3 is 15.7 Å². The molecule has 2 rings (SSSR count). The number of urea groups is 1. The van der Waals surface area contributed by atoms with E-state index in [0.717, 1.165) is 6.42 Å². The number of rotatable bonds is 3. The first kappa shape index (κ1) is 16.1. The Hall–Kier alpha value is -1.27. The lowest BCUT2D eigenvalue weighted by Gasteiger charge is -2.27. The lowest BCUT2D eigenvalue weighted by atomic mass is 9.85. The number of hydrogen-bond donors (Lipinski definition) is 3. The van der Waals surface area contributed by atoms with Gasteiger partial charge >= 0.3 is 12.0 Å². The van der Waals surface area contributed by atoms with Gasteiger partial charge in [0.2, 0.25) is 0 Å². The second-order valence-electron chi connectivity index (χ2n) is 5.37. The van der Waals surface area contributed by atoms with Crippen LogP contribution in [0.3, 0.4) is 0 Å². The van der Waals surface area contributed by atoms with E-state index in [9.17, 15) is 14.7 Å². The number of anilines is 1. The molecule has 3 N–H and O–H groups in total. The number of amides is 2. The van der Waals surface area contributed by atoms with Gasteiger partial charge in [0.1, 0.15) is 0 Å². The van der Waals surface area contributed by atoms with E-state index in [-0.39, 0.29) is 6.04 Å². The molecule has 7 heteroatoms. The van der Waals surface area contributed by atoms with Crippen molar-refractivity contribution in [3.05, 3.63) is 27.7 Å². The SMILES string of the molecule is CC1(C(=O)O)CCCC1NC(=O)Nc1cccc(Cl)c1Br. The van der Waals surface area contributed by atoms with E-state index >= 15 is 0 Å². The predicted octanol–water partition coefficient (Wildman–Crippen LogP) is 3.87. The van der Waals surface area contributed by atoms with Crippen molar-refractivity contribution in [3.63, 3.8) is 0 Å². The molecule has 0 saturated heterocycles. The smallest absolute Gasteiger partial charge is 0.319 e. The van der Waals surface area contributed by atoms with Gasteiger partial charge in [0, 0.05) is 6.04 Å². The van der Waals surface area contributed by atoms with Gasteiger partial charge in [-0.3, -0.25) is 4.79 Å². The highest BCUT2D eigenvalue weighted by Gasteiger charge is 2.45. The highest BCUT2D eigenvalue weighted by atomic mass is 79.9. The van der Waals surface area contributed by atoms with Crippen molar-refractivity contribution in [2.75, 3.05) is 5.32 Å². The molecular weight excluding hydrogens is 360 g/mol. The summed E-state index contributed by atoms with van der Waals surface area (Å²) in [4.78, 5) is 23.4. The molecule has 0 aliphatic heterocycles. The maximum absolute atomic E-state index is 12.1. The van der Waals surface area contributed by atoms with Crippen molar-refractivity contribution in [2.45, 2.75) is 32.2 Å². The highest BCUT2D eigenvalue weighted by Crippen LogP contribution is 2.38. The molecule has 0 aromatic heterocycles. The Morgan fingerprint density at radius 1 is 1.48 bits per heavy atom. The third kappa shape index (κ3) is 3.32. The predicted molar refractivity (Wildman–Crippen MR) is 84.7 cm³/mol. The van der Waals surface area contributed by atoms with E-state index in [4.69, 9.17) is 11.6 Å². The van der Waals surface area contributed by atoms with Crippen LogP contribution in [0.2, 0.25) is 5.02 Å². The molecule has 2 amide bonds. The van der Waals surface area contributed by atoms with E-state index in [1.54, 1.807) is 25.1 Å². The molecule has 1 aromatic carbocycles. The number of carbonyl (C=O) groups is 2. The monoisotopic (exact) mass is 374 g/mol. The molecule has 1 aromatic rings. The molecule has 0 radical (unpaired) electrons. The minimum Gasteiger partial charge on any atom is -0.481 e. The molecule has 114 valence electrons. The number of benzene rings is 1. The first-order valence-electron chi connectivity index (χ1n) is 6.59. The molecule has 0 heterocycles. The maximum atomic E-state index is 12.1. The quantitative estimate of drug-likeness (QED) is 0.750. The summed E-state index contributed by atoms with van der Waals surface area (Å²) in [6.07, 6.45) is 2.01. The average molecular weight is 376 g/mol. The lowest BCUT2D eigenvalue weighted by Crippen LogP contribution is -2.48. The zero-order valence-electron chi connectivity index (χ0n) is 11.5. The Kier molecular flexibility index (Phi) is 4.78. The fraction of sp³-hybridized carbons (Fsp3) is 0.429. The van der Waals surface area contributed by atoms with E-state index < -0.39 is 17.4 Å². The number of hydrogen-bond acceptors (Lipinski definition) is 2. The summed E-state index contributed by atoms with van der Waals surface area (Å²) in [5.41, 5.74) is -0.377. The van der Waals surface area contributed by atoms with Gasteiger partial charge in [0.25, 0.3) is 0 Å². The van der Waals surface area contributed by atoms with Crippen LogP contribution in [0.1, 0.15) is 26.2 Å². The summed E-state index contributed by atoms with van der Waals surface area (Å²) in [6, 6.07) is 4.32. The van der Waals surface area contributed by atoms with Crippen LogP contribution in [-0.4, -0.2) is 23.1 Å². The Labute approximate surface area is 136 Å². The van der Waals surface area contributed by atoms with Gasteiger partial charge in [-0.1, -0.05) is 24.1 Å². The molecule has 1 saturated carbocycles. The van der Waals surface area contributed by atoms with Gasteiger partial charge in [-0.2, -0.15) is 0 Å². The van der Waals surface area contributed by atoms with Crippen LogP contribution in [0, 0.1) is 5.41 Å². The summed E-state index contributed by atoms with van der Waals surface area (Å²) < 4.78 is 0.592. The van der Waals surface area contributed by atoms with Crippen molar-refractivity contribution in [1.29, 1.82) is 0 Å². The van der Waals surface area contributed by atoms with Crippen LogP contribution >= 0.6 is 27.5 Å². The standard InChI is InChI=1S/C14H16BrClN2O3/c1-14(12(19)20)7-3-6-10(14)18-13(21)17-9-5-2-4-8(16)11(9)15/h2,4-5,10H,3,6-7H2,1H3,(H,19,20)(H2,17,18,21). The second kappa shape index (κ2) is 6.23. The lowest BCUT2D eigenvalue weighted by molar-refractivity contribution is -0.148. The molecule has 5 nitrogen and oxygen atoms in total. The summed E-state index contributed by atoms with van der Waals surface area (Å²) in [5.74, 6) is -0.880. The van der Waals surface area contributed by atoms with Gasteiger partial charge in [0.05, 0.1) is 20.6 Å². The Morgan fingerprint density at radius 2 is 2.19 bits per heavy atom. The van der Waals surface area contributed by atoms with Crippen molar-refractivity contribution >= 4 is 45.2 Å². The number of nitrogens with one attached hydrogen (secondary N) is 2. The fourth-order valence-corrected chi connectivity index (χ4v) is 3.11. The third-order valence-corrected chi connectivity index (χ3v) is 5.35. The normalized spacial score (nSPS) is 24.6. The van der Waals surface area contributed by atoms with Crippen LogP contribution in [0.4, 0.5) is 10.5 Å². The molecule has 21 heavy (non-hydrogen) atoms. The number of carbonyl (C=O) groups excluding carboxylic acids is 1. The molecule has 1 fully saturated rings. The summed E-state index contributed by atoms with van der Waals surface area (Å²) >= 11 is 9.26. The largest absolute Gasteiger partial charge is 0.481 e. The van der Waals surface area contributed by atoms with E-state index in [1.807, 2.05) is 0 Å². The van der Waals surface area contributed by atoms with Crippen molar-refractivity contribution < 1.29 is 14.7 Å². The van der Waals surface area contributed by atoms with Crippen LogP contribution in [0.5, 0.6) is 0 Å². The molecule has 0 spiro atoms. The van der Waals surface area contributed by atoms with E-state index in [2.05, 4.69) is 26.6 Å². The first-order chi connectivity index (χ1) is 9.84. The van der Waals surface area contributed by atoms with Crippen molar-refractivity contribution in [3.8, 4) is 0 Å². The Morgan fingerprint density at radius 3 is 2.86 bits per heavy atom. The van der Waals surface area contributed by atoms with E-state index in [0.29, 0.717) is 28.0 Å². The van der Waals surface area contributed by atoms with Gasteiger partial charge in [-0.25, -0.2) is 4.79 Å². The zero-order chi connectivity index (χ0) is 15.6. The fourth-order valence-electron chi connectivity index (χ4n) is 2.57. The van der Waals surface area contributed by atoms with Crippen LogP contribution in [0.15, 0.2) is 22.7 Å². The minimum absolute atomic E-state index is 0.382. The second-order valence-corrected chi connectivity index (χ2v) is 6.57. The van der Waals surface area contributed by atoms with Gasteiger partial charge in [0.15, 0.2) is 0 Å². The number of carboxylic acid groups (broad SMARTS) is 1. The molecule has 0 bridgehead atoms. The molecule has 2 atom stereocenters. The van der Waals surface area contributed by atoms with Crippen LogP contribution in [0.25, 0.3) is 0 Å². The number of carboxylic acids is 1. The average Bonchev–Trinajstić information content (AvgIpc) is 2.78. The zero-order valence-corrected chi connectivity index (χ0v) is 13.8. The van der Waals surface area contributed by atoms with Crippen molar-refractivity contribution in [2.24, 2.45) is 5.41 Å². The third-order valence-electron chi connectivity index (χ3n) is 3.95.